The summed E-state index contributed by atoms with van der Waals surface area (Å²) in [7, 11) is 1.71. The number of rotatable bonds is 3. The molecule has 1 unspecified atom stereocenters. The van der Waals surface area contributed by atoms with E-state index >= 15 is 0 Å². The molecule has 1 atom stereocenters. The van der Waals surface area contributed by atoms with E-state index in [-0.39, 0.29) is 0 Å². The summed E-state index contributed by atoms with van der Waals surface area (Å²) in [6.45, 7) is 0. The number of nitrogens with one attached hydrogen (secondary N) is 1. The third kappa shape index (κ3) is 2.17. The Morgan fingerprint density at radius 3 is 2.72 bits per heavy atom. The highest BCUT2D eigenvalue weighted by Crippen LogP contribution is 2.30. The van der Waals surface area contributed by atoms with Gasteiger partial charge in [-0.3, -0.25) is 10.5 Å². The summed E-state index contributed by atoms with van der Waals surface area (Å²) in [5.41, 5.74) is 9.60. The summed E-state index contributed by atoms with van der Waals surface area (Å²) in [6, 6.07) is 3.57. The summed E-state index contributed by atoms with van der Waals surface area (Å²) in [4.78, 5) is 0. The van der Waals surface area contributed by atoms with Gasteiger partial charge in [0.05, 0.1) is 12.2 Å². The van der Waals surface area contributed by atoms with Crippen molar-refractivity contribution in [2.45, 2.75) is 6.04 Å². The SMILES string of the molecule is Cn1ncc(C(NN)c2cc(F)ccc2Cl)c1N. The number of benzene rings is 1. The van der Waals surface area contributed by atoms with E-state index in [1.54, 1.807) is 13.2 Å². The Balaban J connectivity index is 2.51. The Hall–Kier alpha value is -1.63. The van der Waals surface area contributed by atoms with Gasteiger partial charge in [-0.1, -0.05) is 11.6 Å². The van der Waals surface area contributed by atoms with E-state index in [4.69, 9.17) is 23.2 Å². The molecule has 5 nitrogen and oxygen atoms in total. The van der Waals surface area contributed by atoms with E-state index < -0.39 is 11.9 Å². The number of nitrogens with two attached hydrogens (primary N) is 2. The highest BCUT2D eigenvalue weighted by Gasteiger charge is 2.21. The zero-order valence-electron chi connectivity index (χ0n) is 9.69. The Bertz CT molecular complexity index is 569. The van der Waals surface area contributed by atoms with E-state index in [1.807, 2.05) is 0 Å². The van der Waals surface area contributed by atoms with Gasteiger partial charge in [0.15, 0.2) is 0 Å². The average molecular weight is 270 g/mol. The molecule has 1 aromatic carbocycles. The predicted octanol–water partition coefficient (Wildman–Crippen LogP) is 1.35. The minimum absolute atomic E-state index is 0.392. The van der Waals surface area contributed by atoms with Gasteiger partial charge in [0, 0.05) is 17.6 Å². The first-order valence-corrected chi connectivity index (χ1v) is 5.61. The molecule has 0 spiro atoms. The van der Waals surface area contributed by atoms with Crippen molar-refractivity contribution in [1.29, 1.82) is 0 Å². The van der Waals surface area contributed by atoms with Gasteiger partial charge in [0.2, 0.25) is 0 Å². The van der Waals surface area contributed by atoms with E-state index in [0.717, 1.165) is 0 Å². The number of anilines is 1. The normalized spacial score (nSPS) is 12.7. The van der Waals surface area contributed by atoms with E-state index in [9.17, 15) is 4.39 Å². The zero-order chi connectivity index (χ0) is 13.3. The maximum absolute atomic E-state index is 13.3. The largest absolute Gasteiger partial charge is 0.384 e. The zero-order valence-corrected chi connectivity index (χ0v) is 10.4. The molecule has 0 aliphatic rings. The molecule has 5 N–H and O–H groups in total. The first-order valence-electron chi connectivity index (χ1n) is 5.23. The van der Waals surface area contributed by atoms with Crippen LogP contribution in [0.15, 0.2) is 24.4 Å². The lowest BCUT2D eigenvalue weighted by Gasteiger charge is -2.17. The summed E-state index contributed by atoms with van der Waals surface area (Å²) in [5.74, 6) is 5.56. The lowest BCUT2D eigenvalue weighted by atomic mass is 10.0. The molecule has 0 radical (unpaired) electrons. The molecule has 0 saturated heterocycles. The molecule has 0 saturated carbocycles. The maximum atomic E-state index is 13.3. The van der Waals surface area contributed by atoms with Crippen LogP contribution in [0, 0.1) is 5.82 Å². The predicted molar refractivity (Wildman–Crippen MR) is 68.2 cm³/mol. The van der Waals surface area contributed by atoms with Crippen LogP contribution in [-0.4, -0.2) is 9.78 Å². The smallest absolute Gasteiger partial charge is 0.126 e. The molecule has 18 heavy (non-hydrogen) atoms. The Kier molecular flexibility index (Phi) is 3.51. The number of aromatic nitrogens is 2. The molecule has 0 aliphatic heterocycles. The fraction of sp³-hybridized carbons (Fsp3) is 0.182. The molecule has 0 fully saturated rings. The number of nitrogen functional groups attached to an aromatic ring is 1. The minimum Gasteiger partial charge on any atom is -0.384 e. The van der Waals surface area contributed by atoms with Crippen molar-refractivity contribution >= 4 is 17.4 Å². The number of hydrogen-bond donors (Lipinski definition) is 3. The molecular weight excluding hydrogens is 257 g/mol. The molecule has 2 rings (SSSR count). The van der Waals surface area contributed by atoms with Crippen LogP contribution in [0.5, 0.6) is 0 Å². The van der Waals surface area contributed by atoms with Crippen molar-refractivity contribution in [1.82, 2.24) is 15.2 Å². The molecule has 1 aromatic heterocycles. The van der Waals surface area contributed by atoms with Gasteiger partial charge in [0.25, 0.3) is 0 Å². The first kappa shape index (κ1) is 12.8. The number of aryl methyl sites for hydroxylation is 1. The van der Waals surface area contributed by atoms with Crippen molar-refractivity contribution < 1.29 is 4.39 Å². The van der Waals surface area contributed by atoms with Gasteiger partial charge in [0.1, 0.15) is 11.6 Å². The summed E-state index contributed by atoms with van der Waals surface area (Å²) in [5, 5.41) is 4.43. The van der Waals surface area contributed by atoms with Crippen molar-refractivity contribution in [2.75, 3.05) is 5.73 Å². The molecule has 0 bridgehead atoms. The second-order valence-electron chi connectivity index (χ2n) is 3.87. The van der Waals surface area contributed by atoms with Gasteiger partial charge >= 0.3 is 0 Å². The van der Waals surface area contributed by atoms with Crippen molar-refractivity contribution in [3.05, 3.63) is 46.4 Å². The average Bonchev–Trinajstić information content (AvgIpc) is 2.67. The lowest BCUT2D eigenvalue weighted by Crippen LogP contribution is -2.29. The number of nitrogens with zero attached hydrogens (tertiary/aromatic N) is 2. The van der Waals surface area contributed by atoms with Gasteiger partial charge in [-0.2, -0.15) is 5.10 Å². The van der Waals surface area contributed by atoms with Crippen molar-refractivity contribution in [2.24, 2.45) is 12.9 Å². The van der Waals surface area contributed by atoms with E-state index in [2.05, 4.69) is 10.5 Å². The maximum Gasteiger partial charge on any atom is 0.126 e. The molecule has 96 valence electrons. The van der Waals surface area contributed by atoms with Gasteiger partial charge < -0.3 is 5.73 Å². The van der Waals surface area contributed by atoms with Crippen molar-refractivity contribution in [3.63, 3.8) is 0 Å². The molecule has 0 aliphatic carbocycles. The van der Waals surface area contributed by atoms with Gasteiger partial charge in [-0.25, -0.2) is 9.82 Å². The van der Waals surface area contributed by atoms with E-state index in [1.165, 1.54) is 22.9 Å². The third-order valence-corrected chi connectivity index (χ3v) is 3.11. The van der Waals surface area contributed by atoms with Crippen LogP contribution in [0.1, 0.15) is 17.2 Å². The fourth-order valence-corrected chi connectivity index (χ4v) is 2.00. The summed E-state index contributed by atoms with van der Waals surface area (Å²) < 4.78 is 14.8. The van der Waals surface area contributed by atoms with E-state index in [0.29, 0.717) is 22.0 Å². The van der Waals surface area contributed by atoms with Crippen molar-refractivity contribution in [3.8, 4) is 0 Å². The monoisotopic (exact) mass is 269 g/mol. The third-order valence-electron chi connectivity index (χ3n) is 2.76. The van der Waals surface area contributed by atoms with Crippen LogP contribution in [0.25, 0.3) is 0 Å². The molecular formula is C11H13ClFN5. The standard InChI is InChI=1S/C11H13ClFN5/c1-18-11(14)8(5-16-18)10(17-15)7-4-6(13)2-3-9(7)12/h2-5,10,17H,14-15H2,1H3. The number of hydrazine groups is 1. The molecule has 1 heterocycles. The highest BCUT2D eigenvalue weighted by atomic mass is 35.5. The Morgan fingerprint density at radius 1 is 1.44 bits per heavy atom. The summed E-state index contributed by atoms with van der Waals surface area (Å²) in [6.07, 6.45) is 1.57. The first-order chi connectivity index (χ1) is 8.54. The highest BCUT2D eigenvalue weighted by molar-refractivity contribution is 6.31. The Labute approximate surface area is 108 Å². The van der Waals surface area contributed by atoms with Crippen LogP contribution in [0.4, 0.5) is 10.2 Å². The van der Waals surface area contributed by atoms with Crippen LogP contribution in [0.3, 0.4) is 0 Å². The molecule has 0 amide bonds. The number of halogens is 2. The topological polar surface area (TPSA) is 81.9 Å². The molecule has 7 heteroatoms. The summed E-state index contributed by atoms with van der Waals surface area (Å²) >= 11 is 6.05. The Morgan fingerprint density at radius 2 is 2.17 bits per heavy atom. The van der Waals surface area contributed by atoms with Gasteiger partial charge in [-0.15, -0.1) is 0 Å². The molecule has 2 aromatic rings. The second kappa shape index (κ2) is 4.93. The second-order valence-corrected chi connectivity index (χ2v) is 4.28. The quantitative estimate of drug-likeness (QED) is 0.580. The number of hydrogen-bond acceptors (Lipinski definition) is 4. The van der Waals surface area contributed by atoms with Crippen LogP contribution in [-0.2, 0) is 7.05 Å². The van der Waals surface area contributed by atoms with Gasteiger partial charge in [-0.05, 0) is 23.8 Å². The lowest BCUT2D eigenvalue weighted by molar-refractivity contribution is 0.606. The minimum atomic E-state index is -0.512. The fourth-order valence-electron chi connectivity index (χ4n) is 1.77. The van der Waals surface area contributed by atoms with Crippen LogP contribution < -0.4 is 17.0 Å². The van der Waals surface area contributed by atoms with Crippen LogP contribution >= 0.6 is 11.6 Å². The van der Waals surface area contributed by atoms with Crippen LogP contribution in [0.2, 0.25) is 5.02 Å².